The molecule has 0 fully saturated rings. The molecule has 0 saturated carbocycles. The van der Waals surface area contributed by atoms with Crippen molar-refractivity contribution in [3.05, 3.63) is 58.7 Å². The highest BCUT2D eigenvalue weighted by Crippen LogP contribution is 2.17. The summed E-state index contributed by atoms with van der Waals surface area (Å²) in [4.78, 5) is 12.1. The van der Waals surface area contributed by atoms with Gasteiger partial charge in [0, 0.05) is 22.5 Å². The molecule has 2 aromatic rings. The van der Waals surface area contributed by atoms with Gasteiger partial charge in [-0.25, -0.2) is 0 Å². The zero-order chi connectivity index (χ0) is 14.7. The van der Waals surface area contributed by atoms with Gasteiger partial charge in [-0.05, 0) is 49.2 Å². The van der Waals surface area contributed by atoms with Gasteiger partial charge >= 0.3 is 0 Å². The van der Waals surface area contributed by atoms with Gasteiger partial charge in [-0.1, -0.05) is 18.1 Å². The molecule has 0 aliphatic rings. The van der Waals surface area contributed by atoms with Crippen LogP contribution in [0.3, 0.4) is 0 Å². The van der Waals surface area contributed by atoms with E-state index in [2.05, 4.69) is 11.2 Å². The topological polar surface area (TPSA) is 55.1 Å². The molecule has 0 aromatic heterocycles. The number of nitrogens with two attached hydrogens (primary N) is 1. The van der Waals surface area contributed by atoms with E-state index in [1.54, 1.807) is 18.2 Å². The number of aryl methyl sites for hydroxylation is 2. The summed E-state index contributed by atoms with van der Waals surface area (Å²) in [5.41, 5.74) is 10.3. The summed E-state index contributed by atoms with van der Waals surface area (Å²) >= 11 is 0. The third kappa shape index (κ3) is 2.81. The Balaban J connectivity index is 2.23. The first kappa shape index (κ1) is 13.7. The van der Waals surface area contributed by atoms with Gasteiger partial charge in [0.1, 0.15) is 0 Å². The fraction of sp³-hybridized carbons (Fsp3) is 0.118. The van der Waals surface area contributed by atoms with Gasteiger partial charge in [-0.2, -0.15) is 0 Å². The summed E-state index contributed by atoms with van der Waals surface area (Å²) in [5.74, 6) is 2.39. The minimum absolute atomic E-state index is 0.205. The Hall–Kier alpha value is -2.73. The van der Waals surface area contributed by atoms with E-state index in [9.17, 15) is 4.79 Å². The van der Waals surface area contributed by atoms with Crippen molar-refractivity contribution >= 4 is 17.3 Å². The lowest BCUT2D eigenvalue weighted by Crippen LogP contribution is -2.12. The van der Waals surface area contributed by atoms with Crippen LogP contribution in [0.25, 0.3) is 0 Å². The number of anilines is 2. The van der Waals surface area contributed by atoms with E-state index < -0.39 is 0 Å². The molecule has 3 N–H and O–H groups in total. The summed E-state index contributed by atoms with van der Waals surface area (Å²) in [6.07, 6.45) is 5.42. The first-order valence-electron chi connectivity index (χ1n) is 6.26. The minimum atomic E-state index is -0.205. The lowest BCUT2D eigenvalue weighted by Gasteiger charge is -2.08. The maximum absolute atomic E-state index is 12.1. The standard InChI is InChI=1S/C17H16N2O/c1-4-13-9-15(8-6-11(13)2)19-17(20)14-7-5-12(3)16(18)10-14/h1,5-10H,18H2,2-3H3,(H,19,20). The van der Waals surface area contributed by atoms with Crippen LogP contribution in [0.5, 0.6) is 0 Å². The first-order chi connectivity index (χ1) is 9.51. The molecular formula is C17H16N2O. The van der Waals surface area contributed by atoms with Gasteiger partial charge in [-0.15, -0.1) is 6.42 Å². The van der Waals surface area contributed by atoms with Crippen molar-refractivity contribution in [1.29, 1.82) is 0 Å². The molecule has 0 radical (unpaired) electrons. The number of hydrogen-bond donors (Lipinski definition) is 2. The Labute approximate surface area is 118 Å². The van der Waals surface area contributed by atoms with E-state index in [4.69, 9.17) is 12.2 Å². The number of carbonyl (C=O) groups excluding carboxylic acids is 1. The smallest absolute Gasteiger partial charge is 0.255 e. The molecule has 0 heterocycles. The maximum atomic E-state index is 12.1. The van der Waals surface area contributed by atoms with Crippen molar-refractivity contribution in [2.75, 3.05) is 11.1 Å². The highest BCUT2D eigenvalue weighted by molar-refractivity contribution is 6.05. The van der Waals surface area contributed by atoms with Crippen molar-refractivity contribution in [2.24, 2.45) is 0 Å². The predicted molar refractivity (Wildman–Crippen MR) is 82.7 cm³/mol. The van der Waals surface area contributed by atoms with Crippen LogP contribution in [-0.2, 0) is 0 Å². The zero-order valence-corrected chi connectivity index (χ0v) is 11.5. The molecule has 0 aliphatic heterocycles. The van der Waals surface area contributed by atoms with Gasteiger partial charge < -0.3 is 11.1 Å². The van der Waals surface area contributed by atoms with E-state index in [1.165, 1.54) is 0 Å². The summed E-state index contributed by atoms with van der Waals surface area (Å²) in [6.45, 7) is 3.83. The third-order valence-electron chi connectivity index (χ3n) is 3.19. The molecule has 0 unspecified atom stereocenters. The van der Waals surface area contributed by atoms with Gasteiger partial charge in [0.2, 0.25) is 0 Å². The van der Waals surface area contributed by atoms with E-state index in [-0.39, 0.29) is 5.91 Å². The number of rotatable bonds is 2. The van der Waals surface area contributed by atoms with Gasteiger partial charge in [0.25, 0.3) is 5.91 Å². The molecule has 20 heavy (non-hydrogen) atoms. The lowest BCUT2D eigenvalue weighted by atomic mass is 10.1. The normalized spacial score (nSPS) is 9.85. The van der Waals surface area contributed by atoms with Crippen molar-refractivity contribution in [1.82, 2.24) is 0 Å². The number of amides is 1. The molecule has 2 aromatic carbocycles. The number of terminal acetylenes is 1. The van der Waals surface area contributed by atoms with Crippen LogP contribution in [0.15, 0.2) is 36.4 Å². The second-order valence-corrected chi connectivity index (χ2v) is 4.70. The van der Waals surface area contributed by atoms with Gasteiger partial charge in [0.15, 0.2) is 0 Å². The van der Waals surface area contributed by atoms with Crippen LogP contribution in [0.1, 0.15) is 27.0 Å². The fourth-order valence-corrected chi connectivity index (χ4v) is 1.84. The molecule has 0 spiro atoms. The van der Waals surface area contributed by atoms with Crippen molar-refractivity contribution in [2.45, 2.75) is 13.8 Å². The SMILES string of the molecule is C#Cc1cc(NC(=O)c2ccc(C)c(N)c2)ccc1C. The summed E-state index contributed by atoms with van der Waals surface area (Å²) in [7, 11) is 0. The van der Waals surface area contributed by atoms with E-state index >= 15 is 0 Å². The monoisotopic (exact) mass is 264 g/mol. The van der Waals surface area contributed by atoms with Crippen LogP contribution < -0.4 is 11.1 Å². The average Bonchev–Trinajstić information content (AvgIpc) is 2.43. The van der Waals surface area contributed by atoms with E-state index in [0.29, 0.717) is 16.9 Å². The zero-order valence-electron chi connectivity index (χ0n) is 11.5. The highest BCUT2D eigenvalue weighted by Gasteiger charge is 2.08. The average molecular weight is 264 g/mol. The van der Waals surface area contributed by atoms with Crippen molar-refractivity contribution in [3.63, 3.8) is 0 Å². The first-order valence-corrected chi connectivity index (χ1v) is 6.26. The molecule has 3 heteroatoms. The second-order valence-electron chi connectivity index (χ2n) is 4.70. The van der Waals surface area contributed by atoms with Crippen LogP contribution in [-0.4, -0.2) is 5.91 Å². The summed E-state index contributed by atoms with van der Waals surface area (Å²) in [6, 6.07) is 10.7. The van der Waals surface area contributed by atoms with Crippen molar-refractivity contribution < 1.29 is 4.79 Å². The van der Waals surface area contributed by atoms with Gasteiger partial charge in [-0.3, -0.25) is 4.79 Å². The number of benzene rings is 2. The lowest BCUT2D eigenvalue weighted by molar-refractivity contribution is 0.102. The molecule has 0 atom stereocenters. The fourth-order valence-electron chi connectivity index (χ4n) is 1.84. The molecule has 0 saturated heterocycles. The Bertz CT molecular complexity index is 711. The number of nitrogen functional groups attached to an aromatic ring is 1. The summed E-state index contributed by atoms with van der Waals surface area (Å²) < 4.78 is 0. The maximum Gasteiger partial charge on any atom is 0.255 e. The number of nitrogens with one attached hydrogen (secondary N) is 1. The Kier molecular flexibility index (Phi) is 3.76. The third-order valence-corrected chi connectivity index (χ3v) is 3.19. The Morgan fingerprint density at radius 3 is 2.50 bits per heavy atom. The van der Waals surface area contributed by atoms with E-state index in [0.717, 1.165) is 16.7 Å². The Morgan fingerprint density at radius 1 is 1.15 bits per heavy atom. The minimum Gasteiger partial charge on any atom is -0.398 e. The number of carbonyl (C=O) groups is 1. The predicted octanol–water partition coefficient (Wildman–Crippen LogP) is 3.12. The molecular weight excluding hydrogens is 248 g/mol. The molecule has 0 bridgehead atoms. The van der Waals surface area contributed by atoms with E-state index in [1.807, 2.05) is 32.0 Å². The summed E-state index contributed by atoms with van der Waals surface area (Å²) in [5, 5.41) is 2.82. The quantitative estimate of drug-likeness (QED) is 0.647. The molecule has 100 valence electrons. The number of hydrogen-bond acceptors (Lipinski definition) is 2. The highest BCUT2D eigenvalue weighted by atomic mass is 16.1. The molecule has 0 aliphatic carbocycles. The molecule has 3 nitrogen and oxygen atoms in total. The largest absolute Gasteiger partial charge is 0.398 e. The van der Waals surface area contributed by atoms with Crippen LogP contribution in [0.4, 0.5) is 11.4 Å². The van der Waals surface area contributed by atoms with Crippen LogP contribution in [0, 0.1) is 26.2 Å². The second kappa shape index (κ2) is 5.50. The van der Waals surface area contributed by atoms with Crippen LogP contribution in [0.2, 0.25) is 0 Å². The molecule has 1 amide bonds. The van der Waals surface area contributed by atoms with Gasteiger partial charge in [0.05, 0.1) is 0 Å². The molecule has 2 rings (SSSR count). The Morgan fingerprint density at radius 2 is 1.85 bits per heavy atom. The van der Waals surface area contributed by atoms with Crippen molar-refractivity contribution in [3.8, 4) is 12.3 Å². The van der Waals surface area contributed by atoms with Crippen LogP contribution >= 0.6 is 0 Å².